The van der Waals surface area contributed by atoms with Gasteiger partial charge >= 0.3 is 0 Å². The first-order chi connectivity index (χ1) is 16.0. The van der Waals surface area contributed by atoms with Crippen molar-refractivity contribution in [2.45, 2.75) is 6.54 Å². The van der Waals surface area contributed by atoms with Crippen molar-refractivity contribution in [3.05, 3.63) is 48.3 Å². The van der Waals surface area contributed by atoms with Crippen molar-refractivity contribution in [3.8, 4) is 0 Å². The molecule has 33 heavy (non-hydrogen) atoms. The molecule has 2 aromatic heterocycles. The van der Waals surface area contributed by atoms with Crippen molar-refractivity contribution in [2.24, 2.45) is 11.3 Å². The third-order valence-corrected chi connectivity index (χ3v) is 6.00. The van der Waals surface area contributed by atoms with Crippen LogP contribution in [0.3, 0.4) is 0 Å². The number of carboxylic acid groups (broad SMARTS) is 2. The molecule has 2 aliphatic heterocycles. The SMILES string of the molecule is O=CO.O=CO.OCC12CN(Cc3ccccc3F)CC1CN(c1ncnc3nc[nH]c13)C2. The fourth-order valence-electron chi connectivity index (χ4n) is 4.66. The quantitative estimate of drug-likeness (QED) is 0.411. The van der Waals surface area contributed by atoms with Crippen molar-refractivity contribution in [2.75, 3.05) is 37.7 Å². The smallest absolute Gasteiger partial charge is 0.290 e. The summed E-state index contributed by atoms with van der Waals surface area (Å²) < 4.78 is 14.0. The zero-order chi connectivity index (χ0) is 23.8. The number of aromatic amines is 1. The molecule has 11 nitrogen and oxygen atoms in total. The van der Waals surface area contributed by atoms with Crippen molar-refractivity contribution >= 4 is 29.9 Å². The largest absolute Gasteiger partial charge is 0.483 e. The van der Waals surface area contributed by atoms with Gasteiger partial charge in [0, 0.05) is 43.7 Å². The van der Waals surface area contributed by atoms with E-state index in [1.807, 2.05) is 12.1 Å². The predicted molar refractivity (Wildman–Crippen MR) is 116 cm³/mol. The van der Waals surface area contributed by atoms with Crippen LogP contribution >= 0.6 is 0 Å². The lowest BCUT2D eigenvalue weighted by molar-refractivity contribution is -0.123. The second-order valence-electron chi connectivity index (χ2n) is 7.87. The van der Waals surface area contributed by atoms with E-state index in [4.69, 9.17) is 19.8 Å². The molecule has 2 atom stereocenters. The van der Waals surface area contributed by atoms with Crippen LogP contribution in [0.4, 0.5) is 10.2 Å². The number of likely N-dealkylation sites (tertiary alicyclic amines) is 1. The number of nitrogens with zero attached hydrogens (tertiary/aromatic N) is 5. The number of imidazole rings is 1. The average Bonchev–Trinajstić information content (AvgIpc) is 3.49. The summed E-state index contributed by atoms with van der Waals surface area (Å²) in [6.07, 6.45) is 3.15. The minimum atomic E-state index is -0.250. The highest BCUT2D eigenvalue weighted by molar-refractivity contribution is 5.82. The molecule has 176 valence electrons. The number of aromatic nitrogens is 4. The minimum absolute atomic E-state index is 0.110. The highest BCUT2D eigenvalue weighted by Crippen LogP contribution is 2.44. The summed E-state index contributed by atoms with van der Waals surface area (Å²) in [6, 6.07) is 6.91. The van der Waals surface area contributed by atoms with Crippen molar-refractivity contribution in [3.63, 3.8) is 0 Å². The number of anilines is 1. The molecule has 12 heteroatoms. The van der Waals surface area contributed by atoms with Crippen molar-refractivity contribution < 1.29 is 29.3 Å². The number of aliphatic hydroxyl groups is 1. The Balaban J connectivity index is 0.000000464. The van der Waals surface area contributed by atoms with Gasteiger partial charge in [-0.2, -0.15) is 0 Å². The molecular weight excluding hydrogens is 435 g/mol. The van der Waals surface area contributed by atoms with Gasteiger partial charge in [-0.15, -0.1) is 0 Å². The van der Waals surface area contributed by atoms with E-state index < -0.39 is 0 Å². The Morgan fingerprint density at radius 3 is 2.52 bits per heavy atom. The highest BCUT2D eigenvalue weighted by atomic mass is 19.1. The van der Waals surface area contributed by atoms with Gasteiger partial charge in [0.15, 0.2) is 11.5 Å². The van der Waals surface area contributed by atoms with E-state index in [2.05, 4.69) is 29.7 Å². The normalized spacial score (nSPS) is 21.5. The molecule has 0 aliphatic carbocycles. The third-order valence-electron chi connectivity index (χ3n) is 6.00. The molecule has 2 fully saturated rings. The van der Waals surface area contributed by atoms with Crippen molar-refractivity contribution in [1.82, 2.24) is 24.8 Å². The maximum atomic E-state index is 14.0. The van der Waals surface area contributed by atoms with Crippen LogP contribution in [-0.4, -0.2) is 85.9 Å². The zero-order valence-electron chi connectivity index (χ0n) is 17.7. The Bertz CT molecular complexity index is 1080. The molecule has 3 aromatic rings. The van der Waals surface area contributed by atoms with Gasteiger partial charge in [-0.25, -0.2) is 19.3 Å². The van der Waals surface area contributed by atoms with Crippen LogP contribution in [0.5, 0.6) is 0 Å². The summed E-state index contributed by atoms with van der Waals surface area (Å²) in [5.41, 5.74) is 1.96. The summed E-state index contributed by atoms with van der Waals surface area (Å²) in [4.78, 5) is 37.1. The number of rotatable bonds is 4. The Morgan fingerprint density at radius 1 is 1.12 bits per heavy atom. The number of fused-ring (bicyclic) bond motifs is 2. The summed E-state index contributed by atoms with van der Waals surface area (Å²) in [5.74, 6) is 0.972. The molecule has 2 unspecified atom stereocenters. The lowest BCUT2D eigenvalue weighted by Gasteiger charge is -2.27. The predicted octanol–water partition coefficient (Wildman–Crippen LogP) is 0.824. The zero-order valence-corrected chi connectivity index (χ0v) is 17.7. The van der Waals surface area contributed by atoms with Gasteiger partial charge < -0.3 is 25.2 Å². The fraction of sp³-hybridized carbons (Fsp3) is 0.381. The lowest BCUT2D eigenvalue weighted by Crippen LogP contribution is -2.37. The van der Waals surface area contributed by atoms with Gasteiger partial charge in [0.2, 0.25) is 0 Å². The molecule has 0 saturated carbocycles. The van der Waals surface area contributed by atoms with Crippen LogP contribution in [0.1, 0.15) is 5.56 Å². The van der Waals surface area contributed by atoms with E-state index in [0.29, 0.717) is 30.2 Å². The van der Waals surface area contributed by atoms with Crippen LogP contribution in [0.25, 0.3) is 11.2 Å². The third kappa shape index (κ3) is 5.07. The average molecular weight is 460 g/mol. The Labute approximate surface area is 188 Å². The molecule has 4 heterocycles. The van der Waals surface area contributed by atoms with Gasteiger partial charge in [-0.3, -0.25) is 14.5 Å². The van der Waals surface area contributed by atoms with Gasteiger partial charge in [0.25, 0.3) is 12.9 Å². The monoisotopic (exact) mass is 460 g/mol. The second kappa shape index (κ2) is 10.8. The van der Waals surface area contributed by atoms with E-state index in [9.17, 15) is 9.50 Å². The number of hydrogen-bond acceptors (Lipinski definition) is 8. The summed E-state index contributed by atoms with van der Waals surface area (Å²) in [5, 5.41) is 24.0. The summed E-state index contributed by atoms with van der Waals surface area (Å²) in [6.45, 7) is 3.29. The maximum Gasteiger partial charge on any atom is 0.290 e. The topological polar surface area (TPSA) is 156 Å². The first-order valence-electron chi connectivity index (χ1n) is 10.1. The first-order valence-corrected chi connectivity index (χ1v) is 10.1. The Morgan fingerprint density at radius 2 is 1.85 bits per heavy atom. The molecule has 2 aliphatic rings. The first kappa shape index (κ1) is 24.0. The fourth-order valence-corrected chi connectivity index (χ4v) is 4.66. The number of benzene rings is 1. The lowest BCUT2D eigenvalue weighted by atomic mass is 9.82. The van der Waals surface area contributed by atoms with Gasteiger partial charge in [-0.05, 0) is 12.0 Å². The molecule has 4 N–H and O–H groups in total. The van der Waals surface area contributed by atoms with Crippen molar-refractivity contribution in [1.29, 1.82) is 0 Å². The molecule has 0 spiro atoms. The standard InChI is InChI=1S/C19H21FN6O.2CH2O2/c20-15-4-2-1-3-13(15)5-25-6-14-7-26(9-19(14,8-25)10-27)18-16-17(22-11-21-16)23-12-24-18;2*2-1-3/h1-4,11-12,14,27H,5-10H2,(H,21,22,23,24);2*1H,(H,2,3). The molecule has 5 rings (SSSR count). The highest BCUT2D eigenvalue weighted by Gasteiger charge is 2.52. The Hall–Kier alpha value is -3.64. The van der Waals surface area contributed by atoms with Crippen LogP contribution in [0, 0.1) is 17.2 Å². The maximum absolute atomic E-state index is 14.0. The van der Waals surface area contributed by atoms with E-state index >= 15 is 0 Å². The molecule has 1 aromatic carbocycles. The summed E-state index contributed by atoms with van der Waals surface area (Å²) in [7, 11) is 0. The van der Waals surface area contributed by atoms with E-state index in [1.54, 1.807) is 12.4 Å². The van der Waals surface area contributed by atoms with Gasteiger partial charge in [0.1, 0.15) is 17.7 Å². The number of carbonyl (C=O) groups is 2. The van der Waals surface area contributed by atoms with Gasteiger partial charge in [0.05, 0.1) is 12.9 Å². The van der Waals surface area contributed by atoms with Crippen LogP contribution in [-0.2, 0) is 16.1 Å². The molecule has 0 radical (unpaired) electrons. The number of aliphatic hydroxyl groups excluding tert-OH is 1. The molecule has 2 saturated heterocycles. The molecule has 0 amide bonds. The summed E-state index contributed by atoms with van der Waals surface area (Å²) >= 11 is 0. The number of hydrogen-bond donors (Lipinski definition) is 4. The van der Waals surface area contributed by atoms with E-state index in [-0.39, 0.29) is 30.8 Å². The molecule has 0 bridgehead atoms. The van der Waals surface area contributed by atoms with Crippen LogP contribution in [0.15, 0.2) is 36.9 Å². The van der Waals surface area contributed by atoms with E-state index in [0.717, 1.165) is 31.0 Å². The Kier molecular flexibility index (Phi) is 7.85. The van der Waals surface area contributed by atoms with Crippen LogP contribution < -0.4 is 4.90 Å². The van der Waals surface area contributed by atoms with Crippen LogP contribution in [0.2, 0.25) is 0 Å². The number of nitrogens with one attached hydrogen (secondary N) is 1. The van der Waals surface area contributed by atoms with Gasteiger partial charge in [-0.1, -0.05) is 18.2 Å². The number of H-pyrrole nitrogens is 1. The second-order valence-corrected chi connectivity index (χ2v) is 7.87. The van der Waals surface area contributed by atoms with E-state index in [1.165, 1.54) is 12.4 Å². The molecular formula is C21H25FN6O5. The minimum Gasteiger partial charge on any atom is -0.483 e. The number of halogens is 1.